The molecule has 129 heavy (non-hydrogen) atoms. The summed E-state index contributed by atoms with van der Waals surface area (Å²) in [5, 5.41) is 10.8. The minimum absolute atomic E-state index is 0.00511. The van der Waals surface area contributed by atoms with Gasteiger partial charge in [-0.2, -0.15) is 0 Å². The molecule has 1 N–H and O–H groups in total. The van der Waals surface area contributed by atoms with E-state index in [2.05, 4.69) is 322 Å². The van der Waals surface area contributed by atoms with Gasteiger partial charge in [0.2, 0.25) is 0 Å². The zero-order valence-corrected chi connectivity index (χ0v) is 78.2. The first-order chi connectivity index (χ1) is 61.4. The normalized spacial score (nSPS) is 11.5. The molecule has 0 amide bonds. The summed E-state index contributed by atoms with van der Waals surface area (Å²) in [5.41, 5.74) is 6.11. The van der Waals surface area contributed by atoms with Gasteiger partial charge in [0.25, 0.3) is 0 Å². The number of carboxylic acid groups (broad SMARTS) is 1. The van der Waals surface area contributed by atoms with Gasteiger partial charge in [0.05, 0.1) is 97.8 Å². The van der Waals surface area contributed by atoms with Crippen molar-refractivity contribution in [2.24, 2.45) is 0 Å². The van der Waals surface area contributed by atoms with E-state index < -0.39 is 90.6 Å². The molecule has 0 unspecified atom stereocenters. The molecular weight excluding hydrogens is 1740 g/mol. The van der Waals surface area contributed by atoms with Crippen LogP contribution in [-0.4, -0.2) is 105 Å². The van der Waals surface area contributed by atoms with Crippen molar-refractivity contribution in [2.75, 3.05) is 37.1 Å². The second-order valence-corrected chi connectivity index (χ2v) is 43.0. The van der Waals surface area contributed by atoms with Crippen LogP contribution in [0, 0.1) is 0 Å². The number of aromatic carboxylic acids is 1. The SMILES string of the molecule is CC(C)(C)c1ccc([S+](c2ccccc2)c2ccc(C(C)(C)C)cc2)cc1.CC(C)(C)c1ccc([S+](c2ccccc2)c2ccccc2)cc1.O=C(O)c1ccccc1C(=O)OCCS(=O)(=O)[O-].O=C(OCCCS(=O)(=O)[O-])c1ccc2ccccc2c1.O=C(OCCS(=O)(=O)[O-])C(c1ccccc1)c1ccccc1.c1ccc([S+](c2ccccc2)c2ccccc2)cc1. The first kappa shape index (κ1) is 101. The first-order valence-corrected chi connectivity index (χ1v) is 49.9. The van der Waals surface area contributed by atoms with E-state index >= 15 is 0 Å². The van der Waals surface area contributed by atoms with E-state index in [1.165, 1.54) is 85.0 Å². The highest BCUT2D eigenvalue weighted by Crippen LogP contribution is 2.37. The van der Waals surface area contributed by atoms with Crippen molar-refractivity contribution in [3.05, 3.63) is 427 Å². The van der Waals surface area contributed by atoms with Gasteiger partial charge in [-0.05, 0) is 195 Å². The van der Waals surface area contributed by atoms with Crippen LogP contribution in [0.15, 0.2) is 426 Å². The van der Waals surface area contributed by atoms with Crippen LogP contribution < -0.4 is 0 Å². The monoisotopic (exact) mass is 1840 g/mol. The number of esters is 3. The van der Waals surface area contributed by atoms with Crippen molar-refractivity contribution in [3.8, 4) is 0 Å². The molecule has 0 radical (unpaired) electrons. The number of carbonyl (C=O) groups excluding carboxylic acids is 3. The highest BCUT2D eigenvalue weighted by atomic mass is 32.2. The number of benzene rings is 14. The number of fused-ring (bicyclic) bond motifs is 1. The number of ether oxygens (including phenoxy) is 3. The van der Waals surface area contributed by atoms with Crippen molar-refractivity contribution < 1.29 is 77.4 Å². The molecule has 0 bridgehead atoms. The minimum Gasteiger partial charge on any atom is -0.748 e. The Morgan fingerprint density at radius 1 is 0.295 bits per heavy atom. The maximum atomic E-state index is 12.3. The second kappa shape index (κ2) is 48.4. The fourth-order valence-corrected chi connectivity index (χ4v) is 20.2. The molecule has 17 nitrogen and oxygen atoms in total. The number of rotatable bonds is 25. The molecule has 14 rings (SSSR count). The van der Waals surface area contributed by atoms with E-state index in [0.29, 0.717) is 5.56 Å². The van der Waals surface area contributed by atoms with E-state index in [1.54, 1.807) is 60.7 Å². The molecule has 0 aliphatic rings. The highest BCUT2D eigenvalue weighted by Gasteiger charge is 2.33. The zero-order valence-electron chi connectivity index (χ0n) is 73.3. The Labute approximate surface area is 768 Å². The Balaban J connectivity index is 0.000000175. The smallest absolute Gasteiger partial charge is 0.339 e. The molecule has 0 heterocycles. The molecular formula is C106H106O17S6. The van der Waals surface area contributed by atoms with Crippen LogP contribution in [0.2, 0.25) is 0 Å². The lowest BCUT2D eigenvalue weighted by atomic mass is 9.87. The lowest BCUT2D eigenvalue weighted by Crippen LogP contribution is -2.21. The molecule has 0 aromatic heterocycles. The van der Waals surface area contributed by atoms with Gasteiger partial charge in [-0.15, -0.1) is 0 Å². The van der Waals surface area contributed by atoms with E-state index in [-0.39, 0.29) is 73.1 Å². The van der Waals surface area contributed by atoms with E-state index in [4.69, 9.17) is 14.6 Å². The molecule has 0 aliphatic carbocycles. The average molecular weight is 1840 g/mol. The van der Waals surface area contributed by atoms with Gasteiger partial charge in [-0.3, -0.25) is 4.79 Å². The van der Waals surface area contributed by atoms with Crippen molar-refractivity contribution >= 4 is 97.7 Å². The maximum Gasteiger partial charge on any atom is 0.339 e. The van der Waals surface area contributed by atoms with Gasteiger partial charge in [-0.25, -0.2) is 39.6 Å². The third kappa shape index (κ3) is 33.2. The quantitative estimate of drug-likeness (QED) is 0.0183. The van der Waals surface area contributed by atoms with Crippen LogP contribution in [0.3, 0.4) is 0 Å². The summed E-state index contributed by atoms with van der Waals surface area (Å²) in [6.45, 7) is 19.2. The lowest BCUT2D eigenvalue weighted by Gasteiger charge is -2.20. The molecule has 23 heteroatoms. The Bertz CT molecular complexity index is 5980. The molecule has 0 saturated carbocycles. The Morgan fingerprint density at radius 3 is 0.860 bits per heavy atom. The summed E-state index contributed by atoms with van der Waals surface area (Å²) in [7, 11) is -13.3. The van der Waals surface area contributed by atoms with Crippen LogP contribution in [0.5, 0.6) is 0 Å². The van der Waals surface area contributed by atoms with E-state index in [1.807, 2.05) is 42.5 Å². The summed E-state index contributed by atoms with van der Waals surface area (Å²) < 4.78 is 108. The fraction of sp³-hybridized carbons (Fsp3) is 0.189. The Kier molecular flexibility index (Phi) is 37.8. The van der Waals surface area contributed by atoms with Gasteiger partial charge in [0, 0.05) is 5.75 Å². The van der Waals surface area contributed by atoms with Gasteiger partial charge >= 0.3 is 23.9 Å². The minimum atomic E-state index is -4.47. The average Bonchev–Trinajstić information content (AvgIpc) is 0.795. The summed E-state index contributed by atoms with van der Waals surface area (Å²) >= 11 is 0. The highest BCUT2D eigenvalue weighted by molar-refractivity contribution is 7.97. The molecule has 0 spiro atoms. The van der Waals surface area contributed by atoms with Gasteiger partial charge < -0.3 is 33.0 Å². The van der Waals surface area contributed by atoms with Crippen molar-refractivity contribution in [1.82, 2.24) is 0 Å². The lowest BCUT2D eigenvalue weighted by molar-refractivity contribution is -0.143. The van der Waals surface area contributed by atoms with Crippen molar-refractivity contribution in [3.63, 3.8) is 0 Å². The number of hydrogen-bond donors (Lipinski definition) is 1. The third-order valence-corrected chi connectivity index (χ3v) is 28.3. The predicted molar refractivity (Wildman–Crippen MR) is 512 cm³/mol. The standard InChI is InChI=1S/C26H31S.C22H23S.C18H15S.C16H16O5S.C14H14O5S.C10H10O7S/c1-25(2,3)20-12-16-23(17-13-20)27(22-10-8-7-9-11-22)24-18-14-21(15-19-24)26(4,5)6;1-22(2,3)18-14-16-21(17-15-18)23(19-10-6-4-7-11-19)20-12-8-5-9-13-20;1-4-10-16(11-5-1)19(17-12-6-2-7-13-17)18-14-8-3-9-15-18;17-16(21-11-12-22(18,19)20)15(13-7-3-1-4-8-13)14-9-5-2-6-10-14;15-14(19-8-3-9-20(16,17)18)13-7-6-11-4-1-2-5-12(11)10-13;11-9(12)7-3-1-2-4-8(7)10(13)17-5-6-18(14,15)16/h7-19H,1-6H3;4-17H,1-3H3;1-15H;1-10,15H,11-12H2,(H,18,19,20);1-2,4-7,10H,3,8-9H2,(H,16,17,18);1-4H,5-6H2,(H,11,12)(H,14,15,16)/q3*+1;;;/p-3. The molecule has 668 valence electrons. The number of carboxylic acids is 1. The van der Waals surface area contributed by atoms with Crippen LogP contribution in [0.4, 0.5) is 0 Å². The molecule has 14 aromatic rings. The fourth-order valence-electron chi connectivity index (χ4n) is 12.9. The van der Waals surface area contributed by atoms with E-state index in [0.717, 1.165) is 21.9 Å². The van der Waals surface area contributed by atoms with Gasteiger partial charge in [0.1, 0.15) is 19.1 Å². The van der Waals surface area contributed by atoms with E-state index in [9.17, 15) is 58.1 Å². The molecule has 14 aromatic carbocycles. The van der Waals surface area contributed by atoms with Crippen molar-refractivity contribution in [1.29, 1.82) is 0 Å². The predicted octanol–water partition coefficient (Wildman–Crippen LogP) is 22.2. The van der Waals surface area contributed by atoms with Gasteiger partial charge in [-0.1, -0.05) is 311 Å². The maximum absolute atomic E-state index is 12.3. The molecule has 0 saturated heterocycles. The third-order valence-electron chi connectivity index (χ3n) is 19.5. The largest absolute Gasteiger partial charge is 0.748 e. The summed E-state index contributed by atoms with van der Waals surface area (Å²) in [6, 6.07) is 128. The van der Waals surface area contributed by atoms with Crippen LogP contribution in [0.1, 0.15) is 134 Å². The van der Waals surface area contributed by atoms with Gasteiger partial charge in [0.15, 0.2) is 44.1 Å². The number of carbonyl (C=O) groups is 4. The Hall–Kier alpha value is -12.0. The molecule has 0 fully saturated rings. The first-order valence-electron chi connectivity index (χ1n) is 41.5. The Morgan fingerprint density at radius 2 is 0.558 bits per heavy atom. The van der Waals surface area contributed by atoms with Crippen LogP contribution in [0.25, 0.3) is 10.8 Å². The summed E-state index contributed by atoms with van der Waals surface area (Å²) in [6.07, 6.45) is 0.00511. The summed E-state index contributed by atoms with van der Waals surface area (Å²) in [5.74, 6) is -6.17. The van der Waals surface area contributed by atoms with Crippen LogP contribution >= 0.6 is 0 Å². The van der Waals surface area contributed by atoms with Crippen LogP contribution in [-0.2, 0) is 98.3 Å². The topological polar surface area (TPSA) is 288 Å². The molecule has 0 aliphatic heterocycles. The summed E-state index contributed by atoms with van der Waals surface area (Å²) in [4.78, 5) is 58.6. The zero-order chi connectivity index (χ0) is 93.2. The van der Waals surface area contributed by atoms with Crippen molar-refractivity contribution in [2.45, 2.75) is 135 Å². The molecule has 0 atom stereocenters. The number of hydrogen-bond acceptors (Lipinski definition) is 16. The second-order valence-electron chi connectivity index (χ2n) is 32.4.